The van der Waals surface area contributed by atoms with Crippen molar-refractivity contribution in [2.75, 3.05) is 19.0 Å². The third-order valence-electron chi connectivity index (χ3n) is 6.10. The summed E-state index contributed by atoms with van der Waals surface area (Å²) in [6.45, 7) is 2.17. The van der Waals surface area contributed by atoms with Gasteiger partial charge in [0.2, 0.25) is 5.91 Å². The highest BCUT2D eigenvalue weighted by Crippen LogP contribution is 2.55. The minimum atomic E-state index is -0.878. The first kappa shape index (κ1) is 18.4. The minimum Gasteiger partial charge on any atom is -0.497 e. The van der Waals surface area contributed by atoms with Gasteiger partial charge >= 0.3 is 0 Å². The van der Waals surface area contributed by atoms with Crippen LogP contribution in [0.25, 0.3) is 0 Å². The van der Waals surface area contributed by atoms with Crippen LogP contribution in [0.3, 0.4) is 0 Å². The Bertz CT molecular complexity index is 1150. The molecule has 152 valence electrons. The Balaban J connectivity index is 1.68. The predicted octanol–water partition coefficient (Wildman–Crippen LogP) is 3.47. The molecule has 1 spiro atoms. The molecule has 3 aromatic rings. The molecule has 2 aliphatic rings. The summed E-state index contributed by atoms with van der Waals surface area (Å²) in [5, 5.41) is 6.93. The van der Waals surface area contributed by atoms with Crippen LogP contribution in [0.2, 0.25) is 0 Å². The molecule has 3 heterocycles. The number of hydrogen-bond acceptors (Lipinski definition) is 5. The molecule has 2 atom stereocenters. The van der Waals surface area contributed by atoms with E-state index in [0.29, 0.717) is 24.5 Å². The molecule has 30 heavy (non-hydrogen) atoms. The van der Waals surface area contributed by atoms with E-state index in [9.17, 15) is 9.59 Å². The summed E-state index contributed by atoms with van der Waals surface area (Å²) >= 11 is 0. The number of nitrogens with zero attached hydrogens (tertiary/aromatic N) is 2. The summed E-state index contributed by atoms with van der Waals surface area (Å²) in [7, 11) is 1.60. The van der Waals surface area contributed by atoms with E-state index < -0.39 is 11.5 Å². The Morgan fingerprint density at radius 1 is 1.23 bits per heavy atom. The maximum absolute atomic E-state index is 13.4. The highest BCUT2D eigenvalue weighted by Gasteiger charge is 2.59. The summed E-state index contributed by atoms with van der Waals surface area (Å²) < 4.78 is 10.5. The molecule has 0 radical (unpaired) electrons. The fraction of sp³-hybridized carbons (Fsp3) is 0.261. The lowest BCUT2D eigenvalue weighted by atomic mass is 9.72. The standard InChI is InChI=1S/C23H21N3O4/c1-14-12-19(25-30-14)21(27)26-11-10-23(17-8-3-4-9-18(17)24-22(23)28)20(26)15-6-5-7-16(13-15)29-2/h3-9,12-13,20H,10-11H2,1-2H3,(H,24,28)/t20-,23+/m0/s1. The van der Waals surface area contributed by atoms with Gasteiger partial charge in [0.05, 0.1) is 13.2 Å². The van der Waals surface area contributed by atoms with Gasteiger partial charge in [-0.25, -0.2) is 0 Å². The summed E-state index contributed by atoms with van der Waals surface area (Å²) in [5.41, 5.74) is 1.91. The Morgan fingerprint density at radius 2 is 2.07 bits per heavy atom. The molecule has 5 rings (SSSR count). The second-order valence-corrected chi connectivity index (χ2v) is 7.72. The van der Waals surface area contributed by atoms with E-state index in [1.54, 1.807) is 25.0 Å². The molecule has 1 fully saturated rings. The number of methoxy groups -OCH3 is 1. The van der Waals surface area contributed by atoms with E-state index in [4.69, 9.17) is 9.26 Å². The summed E-state index contributed by atoms with van der Waals surface area (Å²) in [6, 6.07) is 16.4. The van der Waals surface area contributed by atoms with E-state index in [1.165, 1.54) is 0 Å². The van der Waals surface area contributed by atoms with E-state index in [-0.39, 0.29) is 17.5 Å². The van der Waals surface area contributed by atoms with E-state index in [1.807, 2.05) is 48.5 Å². The number of likely N-dealkylation sites (tertiary alicyclic amines) is 1. The lowest BCUT2D eigenvalue weighted by Crippen LogP contribution is -2.42. The van der Waals surface area contributed by atoms with Gasteiger partial charge < -0.3 is 19.5 Å². The number of anilines is 1. The zero-order chi connectivity index (χ0) is 20.9. The van der Waals surface area contributed by atoms with Crippen molar-refractivity contribution in [2.45, 2.75) is 24.8 Å². The normalized spacial score (nSPS) is 22.3. The fourth-order valence-electron chi connectivity index (χ4n) is 4.79. The molecule has 1 N–H and O–H groups in total. The molecule has 7 heteroatoms. The van der Waals surface area contributed by atoms with Crippen LogP contribution in [0.1, 0.15) is 39.8 Å². The average Bonchev–Trinajstić information content (AvgIpc) is 3.45. The van der Waals surface area contributed by atoms with Gasteiger partial charge in [-0.2, -0.15) is 0 Å². The van der Waals surface area contributed by atoms with Crippen LogP contribution in [0.4, 0.5) is 5.69 Å². The highest BCUT2D eigenvalue weighted by atomic mass is 16.5. The van der Waals surface area contributed by atoms with Gasteiger partial charge in [-0.05, 0) is 42.7 Å². The molecular weight excluding hydrogens is 382 g/mol. The van der Waals surface area contributed by atoms with Crippen molar-refractivity contribution in [1.82, 2.24) is 10.1 Å². The molecule has 2 amide bonds. The third kappa shape index (κ3) is 2.55. The summed E-state index contributed by atoms with van der Waals surface area (Å²) in [4.78, 5) is 28.5. The number of aryl methyl sites for hydroxylation is 1. The first-order chi connectivity index (χ1) is 14.5. The largest absolute Gasteiger partial charge is 0.497 e. The number of amides is 2. The molecule has 7 nitrogen and oxygen atoms in total. The number of ether oxygens (including phenoxy) is 1. The van der Waals surface area contributed by atoms with Gasteiger partial charge in [0.1, 0.15) is 16.9 Å². The van der Waals surface area contributed by atoms with Crippen LogP contribution in [-0.2, 0) is 10.2 Å². The molecule has 1 aromatic heterocycles. The SMILES string of the molecule is COc1cccc([C@@H]2N(C(=O)c3cc(C)on3)CC[C@]23C(=O)Nc2ccccc23)c1. The van der Waals surface area contributed by atoms with Crippen LogP contribution in [-0.4, -0.2) is 35.5 Å². The number of carbonyl (C=O) groups excluding carboxylic acids is 2. The van der Waals surface area contributed by atoms with Crippen LogP contribution >= 0.6 is 0 Å². The lowest BCUT2D eigenvalue weighted by Gasteiger charge is -2.34. The zero-order valence-electron chi connectivity index (χ0n) is 16.7. The number of hydrogen-bond donors (Lipinski definition) is 1. The third-order valence-corrected chi connectivity index (χ3v) is 6.10. The van der Waals surface area contributed by atoms with Crippen LogP contribution in [0.15, 0.2) is 59.1 Å². The van der Waals surface area contributed by atoms with Crippen molar-refractivity contribution in [3.8, 4) is 5.75 Å². The highest BCUT2D eigenvalue weighted by molar-refractivity contribution is 6.08. The van der Waals surface area contributed by atoms with Crippen molar-refractivity contribution in [2.24, 2.45) is 0 Å². The Hall–Kier alpha value is -3.61. The van der Waals surface area contributed by atoms with Crippen molar-refractivity contribution in [3.05, 3.63) is 77.2 Å². The van der Waals surface area contributed by atoms with Crippen molar-refractivity contribution in [1.29, 1.82) is 0 Å². The van der Waals surface area contributed by atoms with Crippen molar-refractivity contribution in [3.63, 3.8) is 0 Å². The number of para-hydroxylation sites is 1. The van der Waals surface area contributed by atoms with Crippen molar-refractivity contribution >= 4 is 17.5 Å². The molecule has 2 aromatic carbocycles. The van der Waals surface area contributed by atoms with Crippen LogP contribution in [0.5, 0.6) is 5.75 Å². The smallest absolute Gasteiger partial charge is 0.276 e. The molecule has 0 bridgehead atoms. The maximum atomic E-state index is 13.4. The van der Waals surface area contributed by atoms with Crippen molar-refractivity contribution < 1.29 is 18.8 Å². The van der Waals surface area contributed by atoms with Crippen LogP contribution < -0.4 is 10.1 Å². The quantitative estimate of drug-likeness (QED) is 0.724. The Morgan fingerprint density at radius 3 is 2.83 bits per heavy atom. The minimum absolute atomic E-state index is 0.0943. The van der Waals surface area contributed by atoms with Gasteiger partial charge in [0, 0.05) is 18.3 Å². The van der Waals surface area contributed by atoms with E-state index in [0.717, 1.165) is 16.8 Å². The molecule has 1 saturated heterocycles. The van der Waals surface area contributed by atoms with Gasteiger partial charge in [-0.1, -0.05) is 35.5 Å². The molecule has 0 unspecified atom stereocenters. The Labute approximate surface area is 173 Å². The number of rotatable bonds is 3. The lowest BCUT2D eigenvalue weighted by molar-refractivity contribution is -0.121. The molecule has 0 saturated carbocycles. The van der Waals surface area contributed by atoms with Gasteiger partial charge in [0.25, 0.3) is 5.91 Å². The number of carbonyl (C=O) groups is 2. The number of fused-ring (bicyclic) bond motifs is 2. The number of benzene rings is 2. The molecule has 2 aliphatic heterocycles. The van der Waals surface area contributed by atoms with Crippen LogP contribution in [0, 0.1) is 6.92 Å². The predicted molar refractivity (Wildman–Crippen MR) is 109 cm³/mol. The second-order valence-electron chi connectivity index (χ2n) is 7.72. The fourth-order valence-corrected chi connectivity index (χ4v) is 4.79. The average molecular weight is 403 g/mol. The molecular formula is C23H21N3O4. The first-order valence-electron chi connectivity index (χ1n) is 9.84. The summed E-state index contributed by atoms with van der Waals surface area (Å²) in [6.07, 6.45) is 0.514. The number of aromatic nitrogens is 1. The van der Waals surface area contributed by atoms with Gasteiger partial charge in [-0.15, -0.1) is 0 Å². The topological polar surface area (TPSA) is 84.7 Å². The zero-order valence-corrected chi connectivity index (χ0v) is 16.7. The second kappa shape index (κ2) is 6.73. The monoisotopic (exact) mass is 403 g/mol. The summed E-state index contributed by atoms with van der Waals surface area (Å²) in [5.74, 6) is 0.886. The Kier molecular flexibility index (Phi) is 4.13. The van der Waals surface area contributed by atoms with Gasteiger partial charge in [-0.3, -0.25) is 9.59 Å². The first-order valence-corrected chi connectivity index (χ1v) is 9.84. The van der Waals surface area contributed by atoms with E-state index >= 15 is 0 Å². The van der Waals surface area contributed by atoms with Gasteiger partial charge in [0.15, 0.2) is 5.69 Å². The number of nitrogens with one attached hydrogen (secondary N) is 1. The molecule has 0 aliphatic carbocycles. The van der Waals surface area contributed by atoms with E-state index in [2.05, 4.69) is 10.5 Å². The maximum Gasteiger partial charge on any atom is 0.276 e.